The van der Waals surface area contributed by atoms with Crippen LogP contribution < -0.4 is 5.32 Å². The van der Waals surface area contributed by atoms with E-state index in [-0.39, 0.29) is 5.91 Å². The summed E-state index contributed by atoms with van der Waals surface area (Å²) in [7, 11) is 0. The van der Waals surface area contributed by atoms with Gasteiger partial charge >= 0.3 is 0 Å². The van der Waals surface area contributed by atoms with Gasteiger partial charge in [-0.05, 0) is 24.0 Å². The predicted octanol–water partition coefficient (Wildman–Crippen LogP) is 3.09. The van der Waals surface area contributed by atoms with E-state index >= 15 is 0 Å². The first-order valence-corrected chi connectivity index (χ1v) is 5.99. The third kappa shape index (κ3) is 2.42. The molecule has 0 fully saturated rings. The first kappa shape index (κ1) is 12.4. The van der Waals surface area contributed by atoms with Crippen LogP contribution in [0.25, 0.3) is 0 Å². The van der Waals surface area contributed by atoms with Gasteiger partial charge in [-0.15, -0.1) is 0 Å². The fourth-order valence-corrected chi connectivity index (χ4v) is 1.90. The molecule has 0 unspecified atom stereocenters. The highest BCUT2D eigenvalue weighted by molar-refractivity contribution is 6.04. The molecule has 2 aromatic rings. The fraction of sp³-hybridized carbons (Fsp3) is 0.286. The van der Waals surface area contributed by atoms with Gasteiger partial charge in [-0.1, -0.05) is 32.0 Å². The first-order chi connectivity index (χ1) is 8.59. The quantitative estimate of drug-likeness (QED) is 0.870. The zero-order chi connectivity index (χ0) is 13.1. The van der Waals surface area contributed by atoms with Crippen molar-refractivity contribution in [2.45, 2.75) is 26.7 Å². The molecule has 2 N–H and O–H groups in total. The standard InChI is InChI=1S/C14H17N3O/c1-9(2)12-6-4-5-10(3)13(12)17-14(18)11-7-15-16-8-11/h4-9H,1-3H3,(H,15,16)(H,17,18). The van der Waals surface area contributed by atoms with Crippen molar-refractivity contribution < 1.29 is 4.79 Å². The number of hydrogen-bond acceptors (Lipinski definition) is 2. The van der Waals surface area contributed by atoms with Gasteiger partial charge in [0.1, 0.15) is 0 Å². The van der Waals surface area contributed by atoms with Crippen LogP contribution in [0.2, 0.25) is 0 Å². The number of nitrogens with zero attached hydrogens (tertiary/aromatic N) is 1. The van der Waals surface area contributed by atoms with Crippen LogP contribution in [-0.4, -0.2) is 16.1 Å². The maximum Gasteiger partial charge on any atom is 0.258 e. The van der Waals surface area contributed by atoms with Crippen molar-refractivity contribution in [2.24, 2.45) is 0 Å². The van der Waals surface area contributed by atoms with E-state index < -0.39 is 0 Å². The van der Waals surface area contributed by atoms with Crippen LogP contribution >= 0.6 is 0 Å². The average Bonchev–Trinajstić information content (AvgIpc) is 2.85. The second-order valence-corrected chi connectivity index (χ2v) is 4.63. The molecule has 4 heteroatoms. The summed E-state index contributed by atoms with van der Waals surface area (Å²) in [5.74, 6) is 0.226. The molecule has 1 aromatic carbocycles. The lowest BCUT2D eigenvalue weighted by Crippen LogP contribution is -2.14. The van der Waals surface area contributed by atoms with Crippen molar-refractivity contribution in [1.82, 2.24) is 10.2 Å². The van der Waals surface area contributed by atoms with Crippen LogP contribution in [0.15, 0.2) is 30.6 Å². The highest BCUT2D eigenvalue weighted by Crippen LogP contribution is 2.27. The number of carbonyl (C=O) groups is 1. The molecule has 1 amide bonds. The molecule has 0 aliphatic heterocycles. The van der Waals surface area contributed by atoms with Crippen molar-refractivity contribution in [2.75, 3.05) is 5.32 Å². The van der Waals surface area contributed by atoms with E-state index in [2.05, 4.69) is 29.4 Å². The SMILES string of the molecule is Cc1cccc(C(C)C)c1NC(=O)c1cn[nH]c1. The average molecular weight is 243 g/mol. The molecule has 0 saturated heterocycles. The maximum absolute atomic E-state index is 12.0. The van der Waals surface area contributed by atoms with Gasteiger partial charge in [0.2, 0.25) is 0 Å². The summed E-state index contributed by atoms with van der Waals surface area (Å²) < 4.78 is 0. The van der Waals surface area contributed by atoms with E-state index in [9.17, 15) is 4.79 Å². The van der Waals surface area contributed by atoms with Crippen LogP contribution in [0.3, 0.4) is 0 Å². The summed E-state index contributed by atoms with van der Waals surface area (Å²) in [6.45, 7) is 6.22. The van der Waals surface area contributed by atoms with Crippen molar-refractivity contribution in [3.05, 3.63) is 47.3 Å². The summed E-state index contributed by atoms with van der Waals surface area (Å²) in [6.07, 6.45) is 3.10. The second-order valence-electron chi connectivity index (χ2n) is 4.63. The third-order valence-corrected chi connectivity index (χ3v) is 2.93. The van der Waals surface area contributed by atoms with E-state index in [4.69, 9.17) is 0 Å². The Balaban J connectivity index is 2.31. The number of nitrogens with one attached hydrogen (secondary N) is 2. The van der Waals surface area contributed by atoms with Gasteiger partial charge < -0.3 is 5.32 Å². The van der Waals surface area contributed by atoms with E-state index in [1.807, 2.05) is 25.1 Å². The zero-order valence-electron chi connectivity index (χ0n) is 10.8. The zero-order valence-corrected chi connectivity index (χ0v) is 10.8. The van der Waals surface area contributed by atoms with Gasteiger partial charge in [0, 0.05) is 11.9 Å². The Morgan fingerprint density at radius 3 is 2.78 bits per heavy atom. The van der Waals surface area contributed by atoms with Crippen molar-refractivity contribution >= 4 is 11.6 Å². The third-order valence-electron chi connectivity index (χ3n) is 2.93. The lowest BCUT2D eigenvalue weighted by atomic mass is 9.98. The molecule has 2 rings (SSSR count). The molecule has 0 bridgehead atoms. The van der Waals surface area contributed by atoms with Gasteiger partial charge in [0.25, 0.3) is 5.91 Å². The minimum Gasteiger partial charge on any atom is -0.321 e. The number of para-hydroxylation sites is 1. The summed E-state index contributed by atoms with van der Waals surface area (Å²) in [5, 5.41) is 9.38. The molecule has 0 aliphatic carbocycles. The first-order valence-electron chi connectivity index (χ1n) is 5.99. The number of aryl methyl sites for hydroxylation is 1. The lowest BCUT2D eigenvalue weighted by Gasteiger charge is -2.15. The molecule has 0 saturated carbocycles. The Hall–Kier alpha value is -2.10. The van der Waals surface area contributed by atoms with Crippen molar-refractivity contribution in [3.63, 3.8) is 0 Å². The van der Waals surface area contributed by atoms with Gasteiger partial charge in [-0.2, -0.15) is 5.10 Å². The number of hydrogen-bond donors (Lipinski definition) is 2. The second kappa shape index (κ2) is 5.04. The van der Waals surface area contributed by atoms with E-state index in [1.54, 1.807) is 6.20 Å². The normalized spacial score (nSPS) is 10.7. The Morgan fingerprint density at radius 2 is 2.17 bits per heavy atom. The van der Waals surface area contributed by atoms with E-state index in [1.165, 1.54) is 6.20 Å². The Bertz CT molecular complexity index is 544. The summed E-state index contributed by atoms with van der Waals surface area (Å²) in [6, 6.07) is 6.05. The molecule has 94 valence electrons. The number of carbonyl (C=O) groups excluding carboxylic acids is 1. The van der Waals surface area contributed by atoms with E-state index in [0.29, 0.717) is 11.5 Å². The summed E-state index contributed by atoms with van der Waals surface area (Å²) in [4.78, 5) is 12.0. The monoisotopic (exact) mass is 243 g/mol. The van der Waals surface area contributed by atoms with Gasteiger partial charge in [-0.25, -0.2) is 0 Å². The molecule has 18 heavy (non-hydrogen) atoms. The molecule has 0 aliphatic rings. The minimum atomic E-state index is -0.139. The van der Waals surface area contributed by atoms with Gasteiger partial charge in [-0.3, -0.25) is 9.89 Å². The lowest BCUT2D eigenvalue weighted by molar-refractivity contribution is 0.102. The Labute approximate surface area is 106 Å². The molecular weight excluding hydrogens is 226 g/mol. The van der Waals surface area contributed by atoms with Crippen LogP contribution in [-0.2, 0) is 0 Å². The number of H-pyrrole nitrogens is 1. The smallest absolute Gasteiger partial charge is 0.258 e. The topological polar surface area (TPSA) is 57.8 Å². The largest absolute Gasteiger partial charge is 0.321 e. The number of aromatic amines is 1. The number of anilines is 1. The molecule has 1 heterocycles. The molecule has 1 aromatic heterocycles. The molecule has 4 nitrogen and oxygen atoms in total. The van der Waals surface area contributed by atoms with Crippen LogP contribution in [0.4, 0.5) is 5.69 Å². The Kier molecular flexibility index (Phi) is 3.46. The minimum absolute atomic E-state index is 0.139. The highest BCUT2D eigenvalue weighted by atomic mass is 16.1. The fourth-order valence-electron chi connectivity index (χ4n) is 1.90. The van der Waals surface area contributed by atoms with Crippen LogP contribution in [0.5, 0.6) is 0 Å². The Morgan fingerprint density at radius 1 is 1.39 bits per heavy atom. The van der Waals surface area contributed by atoms with Gasteiger partial charge in [0.05, 0.1) is 11.8 Å². The number of benzene rings is 1. The molecule has 0 radical (unpaired) electrons. The van der Waals surface area contributed by atoms with Crippen LogP contribution in [0.1, 0.15) is 41.3 Å². The molecule has 0 spiro atoms. The summed E-state index contributed by atoms with van der Waals surface area (Å²) >= 11 is 0. The number of aromatic nitrogens is 2. The number of amides is 1. The molecule has 0 atom stereocenters. The molecular formula is C14H17N3O. The predicted molar refractivity (Wildman–Crippen MR) is 71.8 cm³/mol. The van der Waals surface area contributed by atoms with E-state index in [0.717, 1.165) is 16.8 Å². The highest BCUT2D eigenvalue weighted by Gasteiger charge is 2.13. The van der Waals surface area contributed by atoms with Crippen molar-refractivity contribution in [3.8, 4) is 0 Å². The number of rotatable bonds is 3. The summed E-state index contributed by atoms with van der Waals surface area (Å²) in [5.41, 5.74) is 3.65. The maximum atomic E-state index is 12.0. The van der Waals surface area contributed by atoms with Crippen LogP contribution in [0, 0.1) is 6.92 Å². The van der Waals surface area contributed by atoms with Crippen molar-refractivity contribution in [1.29, 1.82) is 0 Å². The van der Waals surface area contributed by atoms with Gasteiger partial charge in [0.15, 0.2) is 0 Å².